The summed E-state index contributed by atoms with van der Waals surface area (Å²) in [5.41, 5.74) is 0. The molecule has 124 valence electrons. The van der Waals surface area contributed by atoms with Gasteiger partial charge in [0.15, 0.2) is 0 Å². The molecule has 3 nitrogen and oxygen atoms in total. The van der Waals surface area contributed by atoms with Gasteiger partial charge in [-0.3, -0.25) is 4.90 Å². The Morgan fingerprint density at radius 3 is 2.52 bits per heavy atom. The normalized spacial score (nSPS) is 30.0. The molecular formula is C18H36N2O. The van der Waals surface area contributed by atoms with Gasteiger partial charge in [0, 0.05) is 25.2 Å². The third-order valence-electron chi connectivity index (χ3n) is 5.29. The molecule has 2 fully saturated rings. The molecule has 0 saturated heterocycles. The van der Waals surface area contributed by atoms with Crippen LogP contribution < -0.4 is 5.32 Å². The summed E-state index contributed by atoms with van der Waals surface area (Å²) in [6.45, 7) is 8.62. The molecule has 0 aromatic heterocycles. The Balaban J connectivity index is 1.75. The van der Waals surface area contributed by atoms with E-state index < -0.39 is 0 Å². The van der Waals surface area contributed by atoms with Crippen molar-refractivity contribution in [3.05, 3.63) is 0 Å². The lowest BCUT2D eigenvalue weighted by molar-refractivity contribution is 0.0639. The molecule has 0 amide bonds. The first kappa shape index (κ1) is 17.2. The topological polar surface area (TPSA) is 24.5 Å². The van der Waals surface area contributed by atoms with Crippen LogP contribution in [0.5, 0.6) is 0 Å². The minimum absolute atomic E-state index is 0.677. The molecule has 3 heteroatoms. The van der Waals surface area contributed by atoms with Crippen molar-refractivity contribution < 1.29 is 4.74 Å². The summed E-state index contributed by atoms with van der Waals surface area (Å²) in [7, 11) is 2.30. The Labute approximate surface area is 131 Å². The summed E-state index contributed by atoms with van der Waals surface area (Å²) in [6.07, 6.45) is 9.63. The smallest absolute Gasteiger partial charge is 0.0593 e. The number of hydrogen-bond acceptors (Lipinski definition) is 3. The van der Waals surface area contributed by atoms with Crippen LogP contribution in [0.15, 0.2) is 0 Å². The summed E-state index contributed by atoms with van der Waals surface area (Å²) in [6, 6.07) is 1.37. The summed E-state index contributed by atoms with van der Waals surface area (Å²) < 4.78 is 5.83. The van der Waals surface area contributed by atoms with Crippen molar-refractivity contribution >= 4 is 0 Å². The average Bonchev–Trinajstić information content (AvgIpc) is 3.30. The van der Waals surface area contributed by atoms with E-state index in [1.807, 2.05) is 0 Å². The maximum Gasteiger partial charge on any atom is 0.0593 e. The number of rotatable bonds is 10. The fourth-order valence-electron chi connectivity index (χ4n) is 3.80. The van der Waals surface area contributed by atoms with Crippen molar-refractivity contribution in [3.8, 4) is 0 Å². The van der Waals surface area contributed by atoms with Crippen molar-refractivity contribution in [3.63, 3.8) is 0 Å². The van der Waals surface area contributed by atoms with Crippen LogP contribution in [0.2, 0.25) is 0 Å². The Morgan fingerprint density at radius 2 is 1.86 bits per heavy atom. The molecule has 0 aromatic rings. The van der Waals surface area contributed by atoms with Gasteiger partial charge in [-0.25, -0.2) is 0 Å². The molecule has 2 saturated carbocycles. The molecule has 0 radical (unpaired) electrons. The second kappa shape index (κ2) is 9.12. The lowest BCUT2D eigenvalue weighted by Crippen LogP contribution is -2.52. The molecule has 0 aliphatic heterocycles. The van der Waals surface area contributed by atoms with Crippen LogP contribution in [0.25, 0.3) is 0 Å². The van der Waals surface area contributed by atoms with Gasteiger partial charge in [-0.1, -0.05) is 26.7 Å². The van der Waals surface area contributed by atoms with Gasteiger partial charge in [0.2, 0.25) is 0 Å². The maximum absolute atomic E-state index is 5.83. The van der Waals surface area contributed by atoms with Crippen LogP contribution >= 0.6 is 0 Å². The van der Waals surface area contributed by atoms with Crippen molar-refractivity contribution in [2.24, 2.45) is 11.8 Å². The molecule has 0 aromatic carbocycles. The van der Waals surface area contributed by atoms with E-state index in [9.17, 15) is 0 Å². The highest BCUT2D eigenvalue weighted by molar-refractivity contribution is 4.90. The first-order valence-corrected chi connectivity index (χ1v) is 9.25. The van der Waals surface area contributed by atoms with Gasteiger partial charge < -0.3 is 10.1 Å². The lowest BCUT2D eigenvalue weighted by atomic mass is 9.79. The van der Waals surface area contributed by atoms with E-state index in [-0.39, 0.29) is 0 Å². The Morgan fingerprint density at radius 1 is 1.10 bits per heavy atom. The standard InChI is InChI=1S/C18H36N2O/c1-4-6-15-9-10-17(19-5-2)18(13-15)20(3)11-12-21-14-16-7-8-16/h15-19H,4-14H2,1-3H3. The molecule has 3 unspecified atom stereocenters. The number of nitrogens with zero attached hydrogens (tertiary/aromatic N) is 1. The van der Waals surface area contributed by atoms with Gasteiger partial charge in [0.05, 0.1) is 6.61 Å². The monoisotopic (exact) mass is 296 g/mol. The second-order valence-electron chi connectivity index (χ2n) is 7.20. The zero-order chi connectivity index (χ0) is 15.1. The van der Waals surface area contributed by atoms with E-state index in [1.165, 1.54) is 44.9 Å². The number of nitrogens with one attached hydrogen (secondary N) is 1. The molecule has 1 N–H and O–H groups in total. The minimum Gasteiger partial charge on any atom is -0.380 e. The van der Waals surface area contributed by atoms with Gasteiger partial charge in [-0.2, -0.15) is 0 Å². The van der Waals surface area contributed by atoms with Crippen LogP contribution in [0, 0.1) is 11.8 Å². The zero-order valence-corrected chi connectivity index (χ0v) is 14.4. The largest absolute Gasteiger partial charge is 0.380 e. The maximum atomic E-state index is 5.83. The van der Waals surface area contributed by atoms with Crippen LogP contribution in [0.1, 0.15) is 58.8 Å². The van der Waals surface area contributed by atoms with Crippen LogP contribution in [0.3, 0.4) is 0 Å². The van der Waals surface area contributed by atoms with E-state index in [0.29, 0.717) is 12.1 Å². The van der Waals surface area contributed by atoms with Crippen molar-refractivity contribution in [1.82, 2.24) is 10.2 Å². The SMILES string of the molecule is CCCC1CCC(NCC)C(N(C)CCOCC2CC2)C1. The lowest BCUT2D eigenvalue weighted by Gasteiger charge is -2.41. The quantitative estimate of drug-likeness (QED) is 0.626. The first-order valence-electron chi connectivity index (χ1n) is 9.25. The van der Waals surface area contributed by atoms with Crippen molar-refractivity contribution in [2.45, 2.75) is 70.9 Å². The Bertz CT molecular complexity index is 280. The summed E-state index contributed by atoms with van der Waals surface area (Å²) >= 11 is 0. The van der Waals surface area contributed by atoms with E-state index in [0.717, 1.165) is 38.1 Å². The van der Waals surface area contributed by atoms with E-state index in [4.69, 9.17) is 4.74 Å². The molecule has 2 aliphatic carbocycles. The summed E-state index contributed by atoms with van der Waals surface area (Å²) in [5, 5.41) is 3.71. The fourth-order valence-corrected chi connectivity index (χ4v) is 3.80. The van der Waals surface area contributed by atoms with E-state index >= 15 is 0 Å². The molecule has 3 atom stereocenters. The molecule has 0 spiro atoms. The highest BCUT2D eigenvalue weighted by Gasteiger charge is 2.32. The summed E-state index contributed by atoms with van der Waals surface area (Å²) in [4.78, 5) is 2.56. The van der Waals surface area contributed by atoms with Gasteiger partial charge in [-0.05, 0) is 57.5 Å². The Kier molecular flexibility index (Phi) is 7.48. The molecule has 2 aliphatic rings. The van der Waals surface area contributed by atoms with Gasteiger partial charge in [-0.15, -0.1) is 0 Å². The van der Waals surface area contributed by atoms with Gasteiger partial charge >= 0.3 is 0 Å². The van der Waals surface area contributed by atoms with Crippen LogP contribution in [0.4, 0.5) is 0 Å². The predicted octanol–water partition coefficient (Wildman–Crippen LogP) is 3.29. The highest BCUT2D eigenvalue weighted by Crippen LogP contribution is 2.31. The molecule has 0 heterocycles. The first-order chi connectivity index (χ1) is 10.2. The number of likely N-dealkylation sites (N-methyl/N-ethyl adjacent to an activating group) is 2. The highest BCUT2D eigenvalue weighted by atomic mass is 16.5. The average molecular weight is 296 g/mol. The van der Waals surface area contributed by atoms with Crippen molar-refractivity contribution in [2.75, 3.05) is 33.4 Å². The number of ether oxygens (including phenoxy) is 1. The predicted molar refractivity (Wildman–Crippen MR) is 89.7 cm³/mol. The number of hydrogen-bond donors (Lipinski definition) is 1. The third-order valence-corrected chi connectivity index (χ3v) is 5.29. The second-order valence-corrected chi connectivity index (χ2v) is 7.20. The summed E-state index contributed by atoms with van der Waals surface area (Å²) in [5.74, 6) is 1.82. The van der Waals surface area contributed by atoms with Gasteiger partial charge in [0.25, 0.3) is 0 Å². The van der Waals surface area contributed by atoms with E-state index in [1.54, 1.807) is 0 Å². The van der Waals surface area contributed by atoms with Crippen LogP contribution in [-0.2, 0) is 4.74 Å². The van der Waals surface area contributed by atoms with Crippen LogP contribution in [-0.4, -0.2) is 50.3 Å². The fraction of sp³-hybridized carbons (Fsp3) is 1.00. The molecular weight excluding hydrogens is 260 g/mol. The zero-order valence-electron chi connectivity index (χ0n) is 14.4. The third kappa shape index (κ3) is 5.88. The van der Waals surface area contributed by atoms with Crippen molar-refractivity contribution in [1.29, 1.82) is 0 Å². The Hall–Kier alpha value is -0.120. The van der Waals surface area contributed by atoms with Gasteiger partial charge in [0.1, 0.15) is 0 Å². The molecule has 0 bridgehead atoms. The molecule has 2 rings (SSSR count). The van der Waals surface area contributed by atoms with E-state index in [2.05, 4.69) is 31.1 Å². The molecule has 21 heavy (non-hydrogen) atoms. The minimum atomic E-state index is 0.677.